The van der Waals surface area contributed by atoms with Crippen molar-refractivity contribution >= 4 is 68.4 Å². The zero-order chi connectivity index (χ0) is 51.8. The molecule has 2 aliphatic heterocycles. The zero-order valence-corrected chi connectivity index (χ0v) is 47.4. The standard InChI is InChI=1S/C68H81BN2O/c1-40-32-55-58-56(33-40)71(59-41(2)34-45(64(9,10)11)37-47(59)42-20-26-49-50(35-42)66(14,15)29-28-65(49,12)13)60-48-36-44(63(6,7)8)23-27-57(48)72-61(60)69(58)53-38-51-52(68(18,19)31-30-67(51,16)17)39-54(53)70(55)46-24-21-43(22-25-46)62(3,4)5/h20-27,32-39H,28-31H2,1-19H3. The summed E-state index contributed by atoms with van der Waals surface area (Å²) in [6.07, 6.45) is 4.67. The monoisotopic (exact) mass is 953 g/mol. The third kappa shape index (κ3) is 7.48. The van der Waals surface area contributed by atoms with Gasteiger partial charge in [-0.2, -0.15) is 0 Å². The van der Waals surface area contributed by atoms with Gasteiger partial charge in [0.15, 0.2) is 0 Å². The number of anilines is 6. The summed E-state index contributed by atoms with van der Waals surface area (Å²) in [7, 11) is 0. The molecule has 0 amide bonds. The highest BCUT2D eigenvalue weighted by molar-refractivity contribution is 7.00. The molecular formula is C68H81BN2O. The number of hydrogen-bond acceptors (Lipinski definition) is 3. The largest absolute Gasteiger partial charge is 0.468 e. The molecule has 3 nitrogen and oxygen atoms in total. The van der Waals surface area contributed by atoms with Crippen molar-refractivity contribution in [2.75, 3.05) is 9.80 Å². The average molecular weight is 953 g/mol. The van der Waals surface area contributed by atoms with E-state index in [1.165, 1.54) is 124 Å². The number of furan rings is 1. The van der Waals surface area contributed by atoms with Gasteiger partial charge < -0.3 is 14.2 Å². The van der Waals surface area contributed by atoms with Crippen LogP contribution >= 0.6 is 0 Å². The summed E-state index contributed by atoms with van der Waals surface area (Å²) in [6.45, 7) is 45.3. The molecule has 4 aliphatic rings. The Morgan fingerprint density at radius 1 is 0.472 bits per heavy atom. The van der Waals surface area contributed by atoms with E-state index >= 15 is 0 Å². The number of hydrogen-bond donors (Lipinski definition) is 0. The van der Waals surface area contributed by atoms with E-state index in [1.54, 1.807) is 0 Å². The van der Waals surface area contributed by atoms with Gasteiger partial charge in [0.25, 0.3) is 6.71 Å². The summed E-state index contributed by atoms with van der Waals surface area (Å²) in [4.78, 5) is 5.30. The molecule has 3 heterocycles. The van der Waals surface area contributed by atoms with Crippen LogP contribution in [0.25, 0.3) is 22.1 Å². The lowest BCUT2D eigenvalue weighted by atomic mass is 9.35. The number of fused-ring (bicyclic) bond motifs is 8. The minimum Gasteiger partial charge on any atom is -0.468 e. The second kappa shape index (κ2) is 15.5. The summed E-state index contributed by atoms with van der Waals surface area (Å²) < 4.78 is 7.61. The van der Waals surface area contributed by atoms with Gasteiger partial charge in [0.1, 0.15) is 5.58 Å². The fourth-order valence-corrected chi connectivity index (χ4v) is 13.3. The van der Waals surface area contributed by atoms with Crippen LogP contribution in [0.4, 0.5) is 34.1 Å². The van der Waals surface area contributed by atoms with Crippen LogP contribution in [-0.4, -0.2) is 6.71 Å². The van der Waals surface area contributed by atoms with Gasteiger partial charge >= 0.3 is 0 Å². The smallest absolute Gasteiger partial charge is 0.297 e. The highest BCUT2D eigenvalue weighted by Crippen LogP contribution is 2.55. The van der Waals surface area contributed by atoms with Crippen LogP contribution in [0.15, 0.2) is 101 Å². The fraction of sp³-hybridized carbons (Fsp3) is 0.441. The molecule has 0 fully saturated rings. The predicted molar refractivity (Wildman–Crippen MR) is 312 cm³/mol. The van der Waals surface area contributed by atoms with Crippen LogP contribution in [0.3, 0.4) is 0 Å². The Balaban J connectivity index is 1.29. The molecule has 4 heteroatoms. The zero-order valence-electron chi connectivity index (χ0n) is 47.4. The normalized spacial score (nSPS) is 18.3. The fourth-order valence-electron chi connectivity index (χ4n) is 13.3. The Hall–Kier alpha value is -5.48. The molecule has 0 radical (unpaired) electrons. The second-order valence-electron chi connectivity index (χ2n) is 28.6. The van der Waals surface area contributed by atoms with Crippen LogP contribution in [0.5, 0.6) is 0 Å². The lowest BCUT2D eigenvalue weighted by Crippen LogP contribution is -2.61. The van der Waals surface area contributed by atoms with E-state index in [0.29, 0.717) is 0 Å². The molecule has 2 aliphatic carbocycles. The van der Waals surface area contributed by atoms with E-state index in [2.05, 4.69) is 238 Å². The van der Waals surface area contributed by atoms with E-state index in [9.17, 15) is 0 Å². The maximum absolute atomic E-state index is 7.61. The predicted octanol–water partition coefficient (Wildman–Crippen LogP) is 17.4. The molecule has 0 N–H and O–H groups in total. The summed E-state index contributed by atoms with van der Waals surface area (Å²) in [5, 5.41) is 1.17. The molecular weight excluding hydrogens is 872 g/mol. The molecule has 0 saturated carbocycles. The van der Waals surface area contributed by atoms with E-state index < -0.39 is 0 Å². The van der Waals surface area contributed by atoms with Crippen molar-refractivity contribution in [2.45, 2.75) is 195 Å². The lowest BCUT2D eigenvalue weighted by molar-refractivity contribution is 0.332. The number of nitrogens with zero attached hydrogens (tertiary/aromatic N) is 2. The van der Waals surface area contributed by atoms with Crippen LogP contribution in [0, 0.1) is 13.8 Å². The summed E-state index contributed by atoms with van der Waals surface area (Å²) in [6, 6.07) is 39.2. The third-order valence-corrected chi connectivity index (χ3v) is 18.2. The van der Waals surface area contributed by atoms with Crippen molar-refractivity contribution < 1.29 is 4.42 Å². The first kappa shape index (κ1) is 48.8. The van der Waals surface area contributed by atoms with Crippen molar-refractivity contribution in [3.05, 3.63) is 147 Å². The molecule has 1 aromatic heterocycles. The van der Waals surface area contributed by atoms with Crippen molar-refractivity contribution in [3.63, 3.8) is 0 Å². The van der Waals surface area contributed by atoms with Gasteiger partial charge in [0.2, 0.25) is 0 Å². The van der Waals surface area contributed by atoms with Crippen LogP contribution in [0.2, 0.25) is 0 Å². The molecule has 6 aromatic carbocycles. The topological polar surface area (TPSA) is 19.6 Å². The molecule has 0 bridgehead atoms. The Labute approximate surface area is 433 Å². The van der Waals surface area contributed by atoms with Crippen LogP contribution in [0.1, 0.15) is 193 Å². The van der Waals surface area contributed by atoms with Gasteiger partial charge in [-0.15, -0.1) is 0 Å². The molecule has 372 valence electrons. The quantitative estimate of drug-likeness (QED) is 0.165. The maximum atomic E-state index is 7.61. The molecule has 0 spiro atoms. The molecule has 0 atom stereocenters. The van der Waals surface area contributed by atoms with Gasteiger partial charge in [0.05, 0.1) is 17.0 Å². The molecule has 0 unspecified atom stereocenters. The van der Waals surface area contributed by atoms with Gasteiger partial charge in [-0.25, -0.2) is 0 Å². The third-order valence-electron chi connectivity index (χ3n) is 18.2. The maximum Gasteiger partial charge on any atom is 0.297 e. The van der Waals surface area contributed by atoms with E-state index in [-0.39, 0.29) is 44.6 Å². The Bertz CT molecular complexity index is 3390. The van der Waals surface area contributed by atoms with Gasteiger partial charge in [0, 0.05) is 33.7 Å². The average Bonchev–Trinajstić information content (AvgIpc) is 3.67. The van der Waals surface area contributed by atoms with Crippen LogP contribution in [-0.2, 0) is 37.9 Å². The van der Waals surface area contributed by atoms with Crippen molar-refractivity contribution in [2.24, 2.45) is 0 Å². The SMILES string of the molecule is Cc1cc2c3c(c1)N(c1c(C)cc(C(C)(C)C)cc1-c1ccc4c(c1)C(C)(C)CCC4(C)C)c1c(oc4ccc(C(C)(C)C)cc14)B3c1cc3c(cc1N2c1ccc(C(C)(C)C)cc1)C(C)(C)CCC3(C)C. The van der Waals surface area contributed by atoms with E-state index in [4.69, 9.17) is 4.42 Å². The van der Waals surface area contributed by atoms with Gasteiger partial charge in [-0.3, -0.25) is 0 Å². The first-order chi connectivity index (χ1) is 33.4. The summed E-state index contributed by atoms with van der Waals surface area (Å²) >= 11 is 0. The highest BCUT2D eigenvalue weighted by atomic mass is 16.3. The number of benzene rings is 6. The second-order valence-corrected chi connectivity index (χ2v) is 28.6. The van der Waals surface area contributed by atoms with Crippen molar-refractivity contribution in [1.82, 2.24) is 0 Å². The van der Waals surface area contributed by atoms with E-state index in [0.717, 1.165) is 24.1 Å². The van der Waals surface area contributed by atoms with Crippen molar-refractivity contribution in [3.8, 4) is 11.1 Å². The minimum atomic E-state index is -0.136. The number of aryl methyl sites for hydroxylation is 2. The Morgan fingerprint density at radius 2 is 1.00 bits per heavy atom. The van der Waals surface area contributed by atoms with Gasteiger partial charge in [-0.05, 0) is 193 Å². The Morgan fingerprint density at radius 3 is 1.58 bits per heavy atom. The lowest BCUT2D eigenvalue weighted by Gasteiger charge is -2.47. The minimum absolute atomic E-state index is 0.0218. The number of rotatable bonds is 3. The molecule has 7 aromatic rings. The van der Waals surface area contributed by atoms with E-state index in [1.807, 2.05) is 0 Å². The first-order valence-electron chi connectivity index (χ1n) is 27.3. The molecule has 0 saturated heterocycles. The highest BCUT2D eigenvalue weighted by Gasteiger charge is 2.50. The van der Waals surface area contributed by atoms with Crippen LogP contribution < -0.4 is 26.4 Å². The summed E-state index contributed by atoms with van der Waals surface area (Å²) in [5.74, 6) is 0. The van der Waals surface area contributed by atoms with Crippen molar-refractivity contribution in [1.29, 1.82) is 0 Å². The summed E-state index contributed by atoms with van der Waals surface area (Å²) in [5.41, 5.74) is 27.0. The first-order valence-corrected chi connectivity index (χ1v) is 27.3. The Kier molecular flexibility index (Phi) is 10.5. The van der Waals surface area contributed by atoms with Gasteiger partial charge in [-0.1, -0.05) is 166 Å². The molecule has 11 rings (SSSR count). The molecule has 72 heavy (non-hydrogen) atoms.